The molecular formula is C24H26N4O4. The molecule has 0 aliphatic carbocycles. The summed E-state index contributed by atoms with van der Waals surface area (Å²) in [7, 11) is 2.86. The maximum absolute atomic E-state index is 12.8. The fourth-order valence-corrected chi connectivity index (χ4v) is 3.40. The van der Waals surface area contributed by atoms with E-state index in [0.29, 0.717) is 17.7 Å². The van der Waals surface area contributed by atoms with E-state index in [2.05, 4.69) is 15.0 Å². The Hall–Kier alpha value is -4.07. The lowest BCUT2D eigenvalue weighted by Crippen LogP contribution is -2.23. The first-order valence-corrected chi connectivity index (χ1v) is 9.97. The van der Waals surface area contributed by atoms with Crippen LogP contribution in [0.5, 0.6) is 5.75 Å². The molecule has 0 saturated carbocycles. The van der Waals surface area contributed by atoms with Crippen molar-refractivity contribution in [3.8, 4) is 11.4 Å². The van der Waals surface area contributed by atoms with Gasteiger partial charge in [-0.1, -0.05) is 24.3 Å². The lowest BCUT2D eigenvalue weighted by atomic mass is 10.1. The third-order valence-corrected chi connectivity index (χ3v) is 5.10. The minimum atomic E-state index is -0.758. The Labute approximate surface area is 186 Å². The first-order valence-electron chi connectivity index (χ1n) is 9.97. The van der Waals surface area contributed by atoms with Crippen LogP contribution in [0.15, 0.2) is 59.6 Å². The third kappa shape index (κ3) is 4.97. The van der Waals surface area contributed by atoms with Gasteiger partial charge in [-0.15, -0.1) is 0 Å². The lowest BCUT2D eigenvalue weighted by molar-refractivity contribution is 0.0950. The maximum atomic E-state index is 12.8. The number of aryl methyl sites for hydroxylation is 1. The number of rotatable bonds is 6. The summed E-state index contributed by atoms with van der Waals surface area (Å²) in [6.45, 7) is 4.23. The number of nitrogens with two attached hydrogens (primary N) is 1. The van der Waals surface area contributed by atoms with Crippen LogP contribution in [0.3, 0.4) is 0 Å². The molecule has 0 saturated heterocycles. The molecule has 0 spiro atoms. The monoisotopic (exact) mass is 434 g/mol. The van der Waals surface area contributed by atoms with Crippen LogP contribution >= 0.6 is 0 Å². The summed E-state index contributed by atoms with van der Waals surface area (Å²) >= 11 is 0. The summed E-state index contributed by atoms with van der Waals surface area (Å²) in [6, 6.07) is 16.7. The number of nitrogens with one attached hydrogen (secondary N) is 1. The number of benzene rings is 2. The van der Waals surface area contributed by atoms with Crippen LogP contribution in [0.4, 0.5) is 4.79 Å². The van der Waals surface area contributed by atoms with Crippen molar-refractivity contribution in [3.63, 3.8) is 0 Å². The summed E-state index contributed by atoms with van der Waals surface area (Å²) in [6.07, 6.45) is -0.758. The number of amides is 2. The second kappa shape index (κ2) is 9.82. The van der Waals surface area contributed by atoms with Crippen molar-refractivity contribution in [2.75, 3.05) is 14.2 Å². The van der Waals surface area contributed by atoms with E-state index >= 15 is 0 Å². The number of hydrogen-bond acceptors (Lipinski definition) is 4. The van der Waals surface area contributed by atoms with E-state index in [1.165, 1.54) is 7.11 Å². The van der Waals surface area contributed by atoms with Gasteiger partial charge in [-0.25, -0.2) is 4.79 Å². The number of amidine groups is 1. The summed E-state index contributed by atoms with van der Waals surface area (Å²) in [5.41, 5.74) is 10.7. The van der Waals surface area contributed by atoms with Gasteiger partial charge in [0.2, 0.25) is 0 Å². The minimum absolute atomic E-state index is 0.0680. The lowest BCUT2D eigenvalue weighted by Gasteiger charge is -2.11. The standard InChI is InChI=1S/C24H26N4O4/c1-15-13-21(16(2)28(15)19-9-11-20(31-3)12-10-19)23(29)26-14-17-5-7-18(8-6-17)22(25)27-24(30)32-4/h5-13H,14H2,1-4H3,(H,26,29)(H2,25,27,30). The third-order valence-electron chi connectivity index (χ3n) is 5.10. The molecule has 3 aromatic rings. The molecule has 0 radical (unpaired) electrons. The fourth-order valence-electron chi connectivity index (χ4n) is 3.40. The van der Waals surface area contributed by atoms with Crippen LogP contribution in [0.25, 0.3) is 5.69 Å². The zero-order valence-electron chi connectivity index (χ0n) is 18.5. The molecule has 166 valence electrons. The number of nitrogens with zero attached hydrogens (tertiary/aromatic N) is 2. The summed E-state index contributed by atoms with van der Waals surface area (Å²) in [5.74, 6) is 0.686. The highest BCUT2D eigenvalue weighted by Gasteiger charge is 2.16. The van der Waals surface area contributed by atoms with Gasteiger partial charge in [0.25, 0.3) is 5.91 Å². The van der Waals surface area contributed by atoms with Crippen molar-refractivity contribution in [3.05, 3.63) is 82.7 Å². The van der Waals surface area contributed by atoms with Crippen molar-refractivity contribution in [1.29, 1.82) is 0 Å². The highest BCUT2D eigenvalue weighted by Crippen LogP contribution is 2.23. The van der Waals surface area contributed by atoms with Crippen LogP contribution in [0.1, 0.15) is 32.9 Å². The van der Waals surface area contributed by atoms with Crippen LogP contribution in [-0.2, 0) is 11.3 Å². The van der Waals surface area contributed by atoms with Gasteiger partial charge in [0.05, 0.1) is 19.8 Å². The van der Waals surface area contributed by atoms with E-state index in [9.17, 15) is 9.59 Å². The topological polar surface area (TPSA) is 108 Å². The Morgan fingerprint density at radius 1 is 1.03 bits per heavy atom. The largest absolute Gasteiger partial charge is 0.497 e. The SMILES string of the molecule is COC(=O)/N=C(\N)c1ccc(CNC(=O)c2cc(C)n(-c3ccc(OC)cc3)c2C)cc1. The number of carbonyl (C=O) groups is 2. The molecule has 3 N–H and O–H groups in total. The zero-order valence-corrected chi connectivity index (χ0v) is 18.5. The number of aromatic nitrogens is 1. The molecule has 0 atom stereocenters. The summed E-state index contributed by atoms with van der Waals surface area (Å²) in [4.78, 5) is 27.7. The van der Waals surface area contributed by atoms with E-state index in [1.54, 1.807) is 19.2 Å². The van der Waals surface area contributed by atoms with Crippen molar-refractivity contribution in [2.45, 2.75) is 20.4 Å². The molecule has 2 amide bonds. The van der Waals surface area contributed by atoms with Crippen LogP contribution in [0.2, 0.25) is 0 Å². The van der Waals surface area contributed by atoms with Crippen molar-refractivity contribution < 1.29 is 19.1 Å². The Bertz CT molecular complexity index is 1150. The number of methoxy groups -OCH3 is 2. The second-order valence-corrected chi connectivity index (χ2v) is 7.16. The molecule has 0 aliphatic rings. The second-order valence-electron chi connectivity index (χ2n) is 7.16. The predicted octanol–water partition coefficient (Wildman–Crippen LogP) is 3.50. The molecule has 3 rings (SSSR count). The van der Waals surface area contributed by atoms with Gasteiger partial charge >= 0.3 is 6.09 Å². The normalized spacial score (nSPS) is 11.2. The van der Waals surface area contributed by atoms with Crippen LogP contribution in [-0.4, -0.2) is 36.6 Å². The first-order chi connectivity index (χ1) is 15.3. The van der Waals surface area contributed by atoms with Gasteiger partial charge in [0.15, 0.2) is 0 Å². The molecule has 0 bridgehead atoms. The molecule has 1 aromatic heterocycles. The van der Waals surface area contributed by atoms with Crippen molar-refractivity contribution >= 4 is 17.8 Å². The number of carbonyl (C=O) groups excluding carboxylic acids is 2. The van der Waals surface area contributed by atoms with Gasteiger partial charge in [0.1, 0.15) is 11.6 Å². The van der Waals surface area contributed by atoms with Crippen molar-refractivity contribution in [1.82, 2.24) is 9.88 Å². The highest BCUT2D eigenvalue weighted by atomic mass is 16.5. The summed E-state index contributed by atoms with van der Waals surface area (Å²) < 4.78 is 11.7. The number of ether oxygens (including phenoxy) is 2. The van der Waals surface area contributed by atoms with Gasteiger partial charge in [-0.05, 0) is 49.7 Å². The van der Waals surface area contributed by atoms with Gasteiger partial charge in [0, 0.05) is 29.2 Å². The Morgan fingerprint density at radius 3 is 2.28 bits per heavy atom. The van der Waals surface area contributed by atoms with E-state index in [0.717, 1.165) is 28.4 Å². The fraction of sp³-hybridized carbons (Fsp3) is 0.208. The van der Waals surface area contributed by atoms with E-state index < -0.39 is 6.09 Å². The van der Waals surface area contributed by atoms with Crippen LogP contribution in [0, 0.1) is 13.8 Å². The molecule has 32 heavy (non-hydrogen) atoms. The predicted molar refractivity (Wildman–Crippen MR) is 123 cm³/mol. The van der Waals surface area contributed by atoms with Gasteiger partial charge < -0.3 is 25.1 Å². The zero-order chi connectivity index (χ0) is 23.3. The van der Waals surface area contributed by atoms with E-state index in [1.807, 2.05) is 60.9 Å². The maximum Gasteiger partial charge on any atom is 0.435 e. The average Bonchev–Trinajstić information content (AvgIpc) is 3.11. The first kappa shape index (κ1) is 22.6. The van der Waals surface area contributed by atoms with Crippen molar-refractivity contribution in [2.24, 2.45) is 10.7 Å². The van der Waals surface area contributed by atoms with Gasteiger partial charge in [-0.3, -0.25) is 4.79 Å². The molecular weight excluding hydrogens is 408 g/mol. The number of aliphatic imine (C=N–C) groups is 1. The molecule has 1 heterocycles. The average molecular weight is 434 g/mol. The Balaban J connectivity index is 1.70. The number of hydrogen-bond donors (Lipinski definition) is 2. The molecule has 0 aliphatic heterocycles. The summed E-state index contributed by atoms with van der Waals surface area (Å²) in [5, 5.41) is 2.95. The molecule has 8 nitrogen and oxygen atoms in total. The van der Waals surface area contributed by atoms with Crippen LogP contribution < -0.4 is 15.8 Å². The van der Waals surface area contributed by atoms with E-state index in [-0.39, 0.29) is 11.7 Å². The molecule has 0 unspecified atom stereocenters. The molecule has 8 heteroatoms. The molecule has 0 fully saturated rings. The Kier molecular flexibility index (Phi) is 6.94. The van der Waals surface area contributed by atoms with Gasteiger partial charge in [-0.2, -0.15) is 4.99 Å². The van der Waals surface area contributed by atoms with E-state index in [4.69, 9.17) is 10.5 Å². The Morgan fingerprint density at radius 2 is 1.69 bits per heavy atom. The highest BCUT2D eigenvalue weighted by molar-refractivity contribution is 6.02. The smallest absolute Gasteiger partial charge is 0.435 e. The minimum Gasteiger partial charge on any atom is -0.497 e. The molecule has 2 aromatic carbocycles. The quantitative estimate of drug-likeness (QED) is 0.456.